The number of unbranched alkanes of at least 4 members (excludes halogenated alkanes) is 1. The molecule has 2 aromatic heterocycles. The third-order valence-corrected chi connectivity index (χ3v) is 5.05. The summed E-state index contributed by atoms with van der Waals surface area (Å²) >= 11 is 0. The summed E-state index contributed by atoms with van der Waals surface area (Å²) in [5.41, 5.74) is 2.01. The number of aryl methyl sites for hydroxylation is 1. The molecule has 1 N–H and O–H groups in total. The number of carbonyl (C=O) groups is 1. The van der Waals surface area contributed by atoms with Crippen molar-refractivity contribution in [1.82, 2.24) is 24.6 Å². The van der Waals surface area contributed by atoms with Crippen LogP contribution >= 0.6 is 0 Å². The largest absolute Gasteiger partial charge is 0.340 e. The van der Waals surface area contributed by atoms with Crippen LogP contribution in [0.5, 0.6) is 0 Å². The maximum Gasteiger partial charge on any atom is 0.274 e. The summed E-state index contributed by atoms with van der Waals surface area (Å²) in [6.45, 7) is 3.25. The highest BCUT2D eigenvalue weighted by atomic mass is 16.2. The second-order valence-corrected chi connectivity index (χ2v) is 6.93. The molecule has 1 aromatic carbocycles. The molecule has 0 aliphatic carbocycles. The molecule has 0 radical (unpaired) electrons. The zero-order chi connectivity index (χ0) is 18.8. The fourth-order valence-corrected chi connectivity index (χ4v) is 3.60. The zero-order valence-corrected chi connectivity index (χ0v) is 15.4. The molecule has 1 aliphatic rings. The Balaban J connectivity index is 1.61. The van der Waals surface area contributed by atoms with E-state index in [1.54, 1.807) is 0 Å². The SMILES string of the molecule is CCCCn1nc(C(=O)N2CCCC2c2nc3ccccc3[nH]2)ccc1=O. The molecular weight excluding hydrogens is 342 g/mol. The number of fused-ring (bicyclic) bond motifs is 1. The van der Waals surface area contributed by atoms with Gasteiger partial charge in [0.2, 0.25) is 0 Å². The number of amides is 1. The van der Waals surface area contributed by atoms with Gasteiger partial charge in [0.05, 0.1) is 17.1 Å². The standard InChI is InChI=1S/C20H23N5O2/c1-2-3-13-25-18(26)11-10-16(23-25)20(27)24-12-6-9-17(24)19-21-14-7-4-5-8-15(14)22-19/h4-5,7-8,10-11,17H,2-3,6,9,12-13H2,1H3,(H,21,22). The van der Waals surface area contributed by atoms with Gasteiger partial charge in [0.25, 0.3) is 11.5 Å². The molecule has 0 bridgehead atoms. The molecule has 1 fully saturated rings. The minimum Gasteiger partial charge on any atom is -0.340 e. The number of carbonyl (C=O) groups excluding carboxylic acids is 1. The summed E-state index contributed by atoms with van der Waals surface area (Å²) in [4.78, 5) is 34.9. The summed E-state index contributed by atoms with van der Waals surface area (Å²) in [6, 6.07) is 10.7. The minimum absolute atomic E-state index is 0.0947. The number of para-hydroxylation sites is 2. The molecule has 1 amide bonds. The molecule has 1 aliphatic heterocycles. The molecule has 3 heterocycles. The van der Waals surface area contributed by atoms with Crippen molar-refractivity contribution in [3.8, 4) is 0 Å². The van der Waals surface area contributed by atoms with Crippen LogP contribution in [0.2, 0.25) is 0 Å². The van der Waals surface area contributed by atoms with Gasteiger partial charge in [0.15, 0.2) is 0 Å². The van der Waals surface area contributed by atoms with E-state index >= 15 is 0 Å². The highest BCUT2D eigenvalue weighted by Crippen LogP contribution is 2.32. The number of likely N-dealkylation sites (tertiary alicyclic amines) is 1. The van der Waals surface area contributed by atoms with Crippen LogP contribution in [-0.4, -0.2) is 37.1 Å². The average molecular weight is 365 g/mol. The van der Waals surface area contributed by atoms with Crippen molar-refractivity contribution in [1.29, 1.82) is 0 Å². The van der Waals surface area contributed by atoms with Gasteiger partial charge in [-0.05, 0) is 37.5 Å². The quantitative estimate of drug-likeness (QED) is 0.753. The lowest BCUT2D eigenvalue weighted by atomic mass is 10.2. The summed E-state index contributed by atoms with van der Waals surface area (Å²) in [7, 11) is 0. The van der Waals surface area contributed by atoms with Crippen molar-refractivity contribution in [3.05, 3.63) is 58.3 Å². The maximum atomic E-state index is 13.1. The van der Waals surface area contributed by atoms with Crippen LogP contribution in [0.4, 0.5) is 0 Å². The second-order valence-electron chi connectivity index (χ2n) is 6.93. The number of imidazole rings is 1. The second kappa shape index (κ2) is 7.34. The Morgan fingerprint density at radius 1 is 1.26 bits per heavy atom. The average Bonchev–Trinajstić information content (AvgIpc) is 3.33. The van der Waals surface area contributed by atoms with Crippen molar-refractivity contribution in [2.24, 2.45) is 0 Å². The van der Waals surface area contributed by atoms with E-state index in [0.29, 0.717) is 18.8 Å². The highest BCUT2D eigenvalue weighted by molar-refractivity contribution is 5.92. The molecule has 4 rings (SSSR count). The number of hydrogen-bond donors (Lipinski definition) is 1. The first-order chi connectivity index (χ1) is 13.2. The van der Waals surface area contributed by atoms with Gasteiger partial charge in [-0.1, -0.05) is 25.5 Å². The summed E-state index contributed by atoms with van der Waals surface area (Å²) < 4.78 is 1.39. The van der Waals surface area contributed by atoms with E-state index in [9.17, 15) is 9.59 Å². The Hall–Kier alpha value is -2.96. The van der Waals surface area contributed by atoms with Crippen molar-refractivity contribution >= 4 is 16.9 Å². The van der Waals surface area contributed by atoms with Crippen molar-refractivity contribution < 1.29 is 4.79 Å². The Morgan fingerprint density at radius 3 is 2.93 bits per heavy atom. The lowest BCUT2D eigenvalue weighted by Gasteiger charge is -2.23. The predicted molar refractivity (Wildman–Crippen MR) is 103 cm³/mol. The molecule has 7 heteroatoms. The lowest BCUT2D eigenvalue weighted by molar-refractivity contribution is 0.0721. The van der Waals surface area contributed by atoms with E-state index in [4.69, 9.17) is 0 Å². The number of H-pyrrole nitrogens is 1. The first kappa shape index (κ1) is 17.5. The van der Waals surface area contributed by atoms with E-state index < -0.39 is 0 Å². The lowest BCUT2D eigenvalue weighted by Crippen LogP contribution is -2.34. The van der Waals surface area contributed by atoms with Crippen LogP contribution < -0.4 is 5.56 Å². The van der Waals surface area contributed by atoms with E-state index in [2.05, 4.69) is 22.0 Å². The summed E-state index contributed by atoms with van der Waals surface area (Å²) in [6.07, 6.45) is 3.60. The van der Waals surface area contributed by atoms with E-state index in [-0.39, 0.29) is 17.5 Å². The minimum atomic E-state index is -0.171. The van der Waals surface area contributed by atoms with Crippen molar-refractivity contribution in [3.63, 3.8) is 0 Å². The van der Waals surface area contributed by atoms with Crippen LogP contribution in [-0.2, 0) is 6.54 Å². The fourth-order valence-electron chi connectivity index (χ4n) is 3.60. The van der Waals surface area contributed by atoms with Gasteiger partial charge in [0, 0.05) is 19.2 Å². The number of aromatic amines is 1. The smallest absolute Gasteiger partial charge is 0.274 e. The van der Waals surface area contributed by atoms with Crippen molar-refractivity contribution in [2.75, 3.05) is 6.54 Å². The molecule has 0 saturated carbocycles. The molecule has 27 heavy (non-hydrogen) atoms. The van der Waals surface area contributed by atoms with Crippen LogP contribution in [0.3, 0.4) is 0 Å². The number of nitrogens with zero attached hydrogens (tertiary/aromatic N) is 4. The Bertz CT molecular complexity index is 989. The van der Waals surface area contributed by atoms with E-state index in [1.807, 2.05) is 29.2 Å². The van der Waals surface area contributed by atoms with Gasteiger partial charge in [-0.3, -0.25) is 9.59 Å². The number of nitrogens with one attached hydrogen (secondary N) is 1. The first-order valence-electron chi connectivity index (χ1n) is 9.51. The molecule has 1 atom stereocenters. The van der Waals surface area contributed by atoms with Crippen LogP contribution in [0, 0.1) is 0 Å². The number of rotatable bonds is 5. The van der Waals surface area contributed by atoms with Gasteiger partial charge in [-0.25, -0.2) is 9.67 Å². The molecule has 1 unspecified atom stereocenters. The molecular formula is C20H23N5O2. The van der Waals surface area contributed by atoms with Gasteiger partial charge in [-0.15, -0.1) is 0 Å². The molecule has 3 aromatic rings. The Labute approximate surface area is 157 Å². The first-order valence-corrected chi connectivity index (χ1v) is 9.51. The Kier molecular flexibility index (Phi) is 4.75. The molecule has 140 valence electrons. The number of benzene rings is 1. The number of hydrogen-bond acceptors (Lipinski definition) is 4. The molecule has 7 nitrogen and oxygen atoms in total. The molecule has 1 saturated heterocycles. The van der Waals surface area contributed by atoms with Crippen LogP contribution in [0.15, 0.2) is 41.2 Å². The van der Waals surface area contributed by atoms with Gasteiger partial charge in [0.1, 0.15) is 11.5 Å². The topological polar surface area (TPSA) is 83.9 Å². The summed E-state index contributed by atoms with van der Waals surface area (Å²) in [5, 5.41) is 4.31. The normalized spacial score (nSPS) is 16.9. The van der Waals surface area contributed by atoms with Crippen molar-refractivity contribution in [2.45, 2.75) is 45.2 Å². The highest BCUT2D eigenvalue weighted by Gasteiger charge is 2.33. The third kappa shape index (κ3) is 3.37. The Morgan fingerprint density at radius 2 is 2.11 bits per heavy atom. The molecule has 0 spiro atoms. The van der Waals surface area contributed by atoms with Crippen LogP contribution in [0.25, 0.3) is 11.0 Å². The van der Waals surface area contributed by atoms with E-state index in [1.165, 1.54) is 16.8 Å². The summed E-state index contributed by atoms with van der Waals surface area (Å²) in [5.74, 6) is 0.657. The predicted octanol–water partition coefficient (Wildman–Crippen LogP) is 2.90. The van der Waals surface area contributed by atoms with Gasteiger partial charge in [-0.2, -0.15) is 5.10 Å². The zero-order valence-electron chi connectivity index (χ0n) is 15.4. The fraction of sp³-hybridized carbons (Fsp3) is 0.400. The van der Waals surface area contributed by atoms with Gasteiger partial charge < -0.3 is 9.88 Å². The monoisotopic (exact) mass is 365 g/mol. The van der Waals surface area contributed by atoms with Gasteiger partial charge >= 0.3 is 0 Å². The number of aromatic nitrogens is 4. The maximum absolute atomic E-state index is 13.1. The third-order valence-electron chi connectivity index (χ3n) is 5.05. The van der Waals surface area contributed by atoms with E-state index in [0.717, 1.165) is 42.5 Å². The van der Waals surface area contributed by atoms with Crippen LogP contribution in [0.1, 0.15) is 55.0 Å².